The minimum atomic E-state index is -0.00406. The largest absolute Gasteiger partial charge is 0.352 e. The van der Waals surface area contributed by atoms with Crippen molar-refractivity contribution in [1.29, 1.82) is 0 Å². The first kappa shape index (κ1) is 11.0. The Labute approximate surface area is 88.5 Å². The van der Waals surface area contributed by atoms with Crippen LogP contribution in [-0.4, -0.2) is 10.9 Å². The summed E-state index contributed by atoms with van der Waals surface area (Å²) in [5.41, 5.74) is 0.885. The quantitative estimate of drug-likeness (QED) is 0.833. The Morgan fingerprint density at radius 3 is 2.93 bits per heavy atom. The molecule has 1 N–H and O–H groups in total. The third-order valence-electron chi connectivity index (χ3n) is 1.83. The van der Waals surface area contributed by atoms with Crippen molar-refractivity contribution >= 4 is 17.5 Å². The number of pyridine rings is 1. The Hall–Kier alpha value is -1.09. The number of nitrogens with zero attached hydrogens (tertiary/aromatic N) is 1. The van der Waals surface area contributed by atoms with Crippen molar-refractivity contribution < 1.29 is 4.79 Å². The normalized spacial score (nSPS) is 10.3. The number of aromatic nitrogens is 1. The number of rotatable bonds is 3. The monoisotopic (exact) mass is 212 g/mol. The summed E-state index contributed by atoms with van der Waals surface area (Å²) in [5.74, 6) is 0.0218. The van der Waals surface area contributed by atoms with Gasteiger partial charge in [-0.25, -0.2) is 0 Å². The van der Waals surface area contributed by atoms with Crippen molar-refractivity contribution in [3.63, 3.8) is 0 Å². The van der Waals surface area contributed by atoms with Crippen molar-refractivity contribution in [3.05, 3.63) is 29.0 Å². The number of nitrogens with one attached hydrogen (secondary N) is 1. The number of carbonyl (C=O) groups excluding carboxylic acids is 1. The maximum Gasteiger partial charge on any atom is 0.222 e. The molecule has 0 radical (unpaired) electrons. The molecular weight excluding hydrogens is 200 g/mol. The maximum atomic E-state index is 11.3. The van der Waals surface area contributed by atoms with Crippen molar-refractivity contribution in [1.82, 2.24) is 10.3 Å². The van der Waals surface area contributed by atoms with Crippen LogP contribution in [0.15, 0.2) is 18.5 Å². The molecule has 1 aromatic rings. The Bertz CT molecular complexity index is 326. The van der Waals surface area contributed by atoms with E-state index in [4.69, 9.17) is 11.6 Å². The van der Waals surface area contributed by atoms with Gasteiger partial charge < -0.3 is 5.32 Å². The number of hydrogen-bond donors (Lipinski definition) is 1. The van der Waals surface area contributed by atoms with Crippen LogP contribution in [0.1, 0.15) is 19.4 Å². The third-order valence-corrected chi connectivity index (χ3v) is 2.17. The van der Waals surface area contributed by atoms with Crippen molar-refractivity contribution in [2.45, 2.75) is 20.4 Å². The molecule has 0 spiro atoms. The van der Waals surface area contributed by atoms with Crippen molar-refractivity contribution in [2.24, 2.45) is 5.92 Å². The van der Waals surface area contributed by atoms with Gasteiger partial charge in [-0.15, -0.1) is 0 Å². The van der Waals surface area contributed by atoms with E-state index in [1.807, 2.05) is 13.8 Å². The van der Waals surface area contributed by atoms with Crippen LogP contribution in [0.5, 0.6) is 0 Å². The molecule has 0 saturated heterocycles. The van der Waals surface area contributed by atoms with E-state index in [1.54, 1.807) is 18.5 Å². The van der Waals surface area contributed by atoms with Gasteiger partial charge in [0.1, 0.15) is 0 Å². The zero-order valence-corrected chi connectivity index (χ0v) is 9.01. The summed E-state index contributed by atoms with van der Waals surface area (Å²) in [6.07, 6.45) is 3.22. The molecule has 0 saturated carbocycles. The lowest BCUT2D eigenvalue weighted by atomic mass is 10.2. The van der Waals surface area contributed by atoms with E-state index < -0.39 is 0 Å². The topological polar surface area (TPSA) is 42.0 Å². The average Bonchev–Trinajstić information content (AvgIpc) is 2.16. The molecule has 0 aromatic carbocycles. The smallest absolute Gasteiger partial charge is 0.222 e. The molecule has 1 aromatic heterocycles. The number of amides is 1. The lowest BCUT2D eigenvalue weighted by Crippen LogP contribution is -2.27. The summed E-state index contributed by atoms with van der Waals surface area (Å²) < 4.78 is 0. The first-order valence-electron chi connectivity index (χ1n) is 4.47. The van der Waals surface area contributed by atoms with E-state index in [0.717, 1.165) is 5.56 Å². The van der Waals surface area contributed by atoms with E-state index in [0.29, 0.717) is 11.6 Å². The van der Waals surface area contributed by atoms with Gasteiger partial charge in [0.25, 0.3) is 0 Å². The number of hydrogen-bond acceptors (Lipinski definition) is 2. The molecule has 0 bridgehead atoms. The highest BCUT2D eigenvalue weighted by Crippen LogP contribution is 2.12. The van der Waals surface area contributed by atoms with Crippen LogP contribution in [0.3, 0.4) is 0 Å². The van der Waals surface area contributed by atoms with Gasteiger partial charge in [-0.1, -0.05) is 25.4 Å². The molecule has 0 atom stereocenters. The van der Waals surface area contributed by atoms with Gasteiger partial charge in [0, 0.05) is 24.9 Å². The minimum Gasteiger partial charge on any atom is -0.352 e. The number of halogens is 1. The van der Waals surface area contributed by atoms with E-state index in [2.05, 4.69) is 10.3 Å². The standard InChI is InChI=1S/C10H13ClN2O/c1-7(2)10(14)13-5-8-3-4-12-6-9(8)11/h3-4,6-7H,5H2,1-2H3,(H,13,14). The predicted octanol–water partition coefficient (Wildman–Crippen LogP) is 2.01. The summed E-state index contributed by atoms with van der Waals surface area (Å²) in [5, 5.41) is 3.37. The highest BCUT2D eigenvalue weighted by molar-refractivity contribution is 6.31. The van der Waals surface area contributed by atoms with Crippen LogP contribution in [-0.2, 0) is 11.3 Å². The van der Waals surface area contributed by atoms with Gasteiger partial charge in [-0.3, -0.25) is 9.78 Å². The molecule has 0 aliphatic rings. The zero-order valence-electron chi connectivity index (χ0n) is 8.25. The second-order valence-electron chi connectivity index (χ2n) is 3.34. The predicted molar refractivity (Wildman–Crippen MR) is 55.9 cm³/mol. The van der Waals surface area contributed by atoms with E-state index in [1.165, 1.54) is 0 Å². The summed E-state index contributed by atoms with van der Waals surface area (Å²) in [6.45, 7) is 4.16. The van der Waals surface area contributed by atoms with E-state index in [9.17, 15) is 4.79 Å². The molecule has 3 nitrogen and oxygen atoms in total. The molecule has 0 unspecified atom stereocenters. The van der Waals surface area contributed by atoms with Crippen molar-refractivity contribution in [2.75, 3.05) is 0 Å². The molecule has 1 amide bonds. The molecule has 4 heteroatoms. The summed E-state index contributed by atoms with van der Waals surface area (Å²) >= 11 is 5.87. The molecule has 0 aliphatic heterocycles. The van der Waals surface area contributed by atoms with Crippen LogP contribution < -0.4 is 5.32 Å². The highest BCUT2D eigenvalue weighted by atomic mass is 35.5. The van der Waals surface area contributed by atoms with Gasteiger partial charge in [0.2, 0.25) is 5.91 Å². The Morgan fingerprint density at radius 1 is 1.64 bits per heavy atom. The SMILES string of the molecule is CC(C)C(=O)NCc1ccncc1Cl. The first-order valence-corrected chi connectivity index (χ1v) is 4.85. The van der Waals surface area contributed by atoms with Gasteiger partial charge in [0.15, 0.2) is 0 Å². The molecular formula is C10H13ClN2O. The third kappa shape index (κ3) is 3.00. The van der Waals surface area contributed by atoms with Gasteiger partial charge in [-0.2, -0.15) is 0 Å². The van der Waals surface area contributed by atoms with Crippen LogP contribution in [0.4, 0.5) is 0 Å². The number of carbonyl (C=O) groups is 1. The maximum absolute atomic E-state index is 11.3. The zero-order chi connectivity index (χ0) is 10.6. The van der Waals surface area contributed by atoms with Crippen molar-refractivity contribution in [3.8, 4) is 0 Å². The van der Waals surface area contributed by atoms with E-state index in [-0.39, 0.29) is 11.8 Å². The molecule has 14 heavy (non-hydrogen) atoms. The minimum absolute atomic E-state index is 0.00406. The van der Waals surface area contributed by atoms with Crippen LogP contribution in [0.25, 0.3) is 0 Å². The summed E-state index contributed by atoms with van der Waals surface area (Å²) in [7, 11) is 0. The fraction of sp³-hybridized carbons (Fsp3) is 0.400. The fourth-order valence-corrected chi connectivity index (χ4v) is 1.12. The second-order valence-corrected chi connectivity index (χ2v) is 3.75. The second kappa shape index (κ2) is 4.96. The summed E-state index contributed by atoms with van der Waals surface area (Å²) in [6, 6.07) is 1.79. The molecule has 1 heterocycles. The van der Waals surface area contributed by atoms with Crippen LogP contribution >= 0.6 is 11.6 Å². The Kier molecular flexibility index (Phi) is 3.89. The lowest BCUT2D eigenvalue weighted by Gasteiger charge is -2.08. The van der Waals surface area contributed by atoms with Crippen LogP contribution in [0, 0.1) is 5.92 Å². The summed E-state index contributed by atoms with van der Waals surface area (Å²) in [4.78, 5) is 15.1. The molecule has 0 fully saturated rings. The molecule has 0 aliphatic carbocycles. The molecule has 76 valence electrons. The Morgan fingerprint density at radius 2 is 2.36 bits per heavy atom. The fourth-order valence-electron chi connectivity index (χ4n) is 0.934. The van der Waals surface area contributed by atoms with E-state index >= 15 is 0 Å². The lowest BCUT2D eigenvalue weighted by molar-refractivity contribution is -0.124. The average molecular weight is 213 g/mol. The Balaban J connectivity index is 2.54. The van der Waals surface area contributed by atoms with Gasteiger partial charge >= 0.3 is 0 Å². The molecule has 1 rings (SSSR count). The van der Waals surface area contributed by atoms with Gasteiger partial charge in [-0.05, 0) is 11.6 Å². The van der Waals surface area contributed by atoms with Gasteiger partial charge in [0.05, 0.1) is 5.02 Å². The first-order chi connectivity index (χ1) is 6.61. The van der Waals surface area contributed by atoms with Crippen LogP contribution in [0.2, 0.25) is 5.02 Å². The highest BCUT2D eigenvalue weighted by Gasteiger charge is 2.06.